The van der Waals surface area contributed by atoms with E-state index in [2.05, 4.69) is 28.8 Å². The van der Waals surface area contributed by atoms with Crippen molar-refractivity contribution in [2.75, 3.05) is 12.0 Å². The Morgan fingerprint density at radius 1 is 1.37 bits per heavy atom. The number of benzene rings is 1. The number of imidazole rings is 1. The monoisotopic (exact) mass is 316 g/mol. The van der Waals surface area contributed by atoms with Crippen molar-refractivity contribution in [1.29, 1.82) is 0 Å². The molecule has 0 aliphatic carbocycles. The van der Waals surface area contributed by atoms with E-state index >= 15 is 0 Å². The minimum atomic E-state index is -0.120. The Morgan fingerprint density at radius 2 is 2.11 bits per heavy atom. The first kappa shape index (κ1) is 15.0. The van der Waals surface area contributed by atoms with Crippen LogP contribution in [0.1, 0.15) is 25.0 Å². The van der Waals surface area contributed by atoms with E-state index in [-0.39, 0.29) is 5.38 Å². The van der Waals surface area contributed by atoms with E-state index in [1.165, 1.54) is 0 Å². The molecule has 0 bridgehead atoms. The number of hydrogen-bond acceptors (Lipinski definition) is 2. The second-order valence-corrected chi connectivity index (χ2v) is 6.84. The molecule has 19 heavy (non-hydrogen) atoms. The van der Waals surface area contributed by atoms with Gasteiger partial charge in [-0.05, 0) is 37.0 Å². The fourth-order valence-electron chi connectivity index (χ4n) is 2.28. The van der Waals surface area contributed by atoms with Crippen LogP contribution in [-0.4, -0.2) is 21.6 Å². The molecule has 0 spiro atoms. The zero-order chi connectivity index (χ0) is 14.0. The molecule has 5 heteroatoms. The topological polar surface area (TPSA) is 17.8 Å². The SMILES string of the molecule is CSCC(C)Cn1c(C(C)Cl)nc2c(Cl)cccc21. The predicted octanol–water partition coefficient (Wildman–Crippen LogP) is 4.99. The zero-order valence-electron chi connectivity index (χ0n) is 11.4. The molecular weight excluding hydrogens is 299 g/mol. The van der Waals surface area contributed by atoms with E-state index in [1.807, 2.05) is 30.8 Å². The van der Waals surface area contributed by atoms with Crippen molar-refractivity contribution < 1.29 is 0 Å². The second kappa shape index (κ2) is 6.38. The lowest BCUT2D eigenvalue weighted by Gasteiger charge is -2.15. The van der Waals surface area contributed by atoms with Gasteiger partial charge in [-0.3, -0.25) is 0 Å². The number of nitrogens with zero attached hydrogens (tertiary/aromatic N) is 2. The van der Waals surface area contributed by atoms with Crippen molar-refractivity contribution in [3.8, 4) is 0 Å². The first-order valence-electron chi connectivity index (χ1n) is 6.32. The van der Waals surface area contributed by atoms with Crippen molar-refractivity contribution in [3.63, 3.8) is 0 Å². The van der Waals surface area contributed by atoms with Gasteiger partial charge in [-0.25, -0.2) is 4.98 Å². The maximum absolute atomic E-state index is 6.26. The third kappa shape index (κ3) is 3.21. The van der Waals surface area contributed by atoms with Gasteiger partial charge in [0.05, 0.1) is 15.9 Å². The molecule has 104 valence electrons. The minimum Gasteiger partial charge on any atom is -0.326 e. The normalized spacial score (nSPS) is 14.8. The number of fused-ring (bicyclic) bond motifs is 1. The van der Waals surface area contributed by atoms with Crippen LogP contribution in [0.3, 0.4) is 0 Å². The molecule has 2 nitrogen and oxygen atoms in total. The summed E-state index contributed by atoms with van der Waals surface area (Å²) in [7, 11) is 0. The van der Waals surface area contributed by atoms with Crippen LogP contribution < -0.4 is 0 Å². The van der Waals surface area contributed by atoms with Crippen molar-refractivity contribution in [2.45, 2.75) is 25.8 Å². The smallest absolute Gasteiger partial charge is 0.127 e. The van der Waals surface area contributed by atoms with E-state index in [1.54, 1.807) is 0 Å². The van der Waals surface area contributed by atoms with Gasteiger partial charge in [0, 0.05) is 6.54 Å². The van der Waals surface area contributed by atoms with Gasteiger partial charge >= 0.3 is 0 Å². The summed E-state index contributed by atoms with van der Waals surface area (Å²) >= 11 is 14.3. The van der Waals surface area contributed by atoms with Gasteiger partial charge in [0.15, 0.2) is 0 Å². The summed E-state index contributed by atoms with van der Waals surface area (Å²) in [5.74, 6) is 2.59. The van der Waals surface area contributed by atoms with Crippen LogP contribution in [0.4, 0.5) is 0 Å². The van der Waals surface area contributed by atoms with Gasteiger partial charge in [-0.2, -0.15) is 11.8 Å². The minimum absolute atomic E-state index is 0.120. The number of halogens is 2. The Morgan fingerprint density at radius 3 is 2.74 bits per heavy atom. The quantitative estimate of drug-likeness (QED) is 0.723. The largest absolute Gasteiger partial charge is 0.326 e. The molecule has 0 saturated heterocycles. The molecule has 0 amide bonds. The van der Waals surface area contributed by atoms with Gasteiger partial charge in [0.1, 0.15) is 11.3 Å². The molecule has 0 fully saturated rings. The number of alkyl halides is 1. The molecule has 1 aromatic heterocycles. The van der Waals surface area contributed by atoms with E-state index < -0.39 is 0 Å². The van der Waals surface area contributed by atoms with Crippen LogP contribution in [0.25, 0.3) is 11.0 Å². The van der Waals surface area contributed by atoms with E-state index in [0.29, 0.717) is 10.9 Å². The molecule has 0 radical (unpaired) electrons. The summed E-state index contributed by atoms with van der Waals surface area (Å²) in [6.45, 7) is 5.12. The van der Waals surface area contributed by atoms with Crippen LogP contribution in [0.2, 0.25) is 5.02 Å². The van der Waals surface area contributed by atoms with Gasteiger partial charge in [-0.1, -0.05) is 24.6 Å². The molecule has 0 saturated carbocycles. The fraction of sp³-hybridized carbons (Fsp3) is 0.500. The fourth-order valence-corrected chi connectivity index (χ4v) is 3.33. The Kier molecular flexibility index (Phi) is 5.04. The Hall–Kier alpha value is -0.380. The molecule has 2 rings (SSSR count). The van der Waals surface area contributed by atoms with E-state index in [4.69, 9.17) is 23.2 Å². The maximum atomic E-state index is 6.26. The van der Waals surface area contributed by atoms with Crippen LogP contribution in [0, 0.1) is 5.92 Å². The first-order valence-corrected chi connectivity index (χ1v) is 8.53. The molecule has 0 N–H and O–H groups in total. The highest BCUT2D eigenvalue weighted by Crippen LogP contribution is 2.29. The average molecular weight is 317 g/mol. The third-order valence-electron chi connectivity index (χ3n) is 3.06. The summed E-state index contributed by atoms with van der Waals surface area (Å²) < 4.78 is 2.21. The standard InChI is InChI=1S/C14H18Cl2N2S/c1-9(8-19-3)7-18-12-6-4-5-11(16)13(12)17-14(18)10(2)15/h4-6,9-10H,7-8H2,1-3H3. The number of thioether (sulfide) groups is 1. The number of rotatable bonds is 5. The highest BCUT2D eigenvalue weighted by Gasteiger charge is 2.17. The average Bonchev–Trinajstić information content (AvgIpc) is 2.70. The van der Waals surface area contributed by atoms with Gasteiger partial charge < -0.3 is 4.57 Å². The van der Waals surface area contributed by atoms with Crippen LogP contribution in [0.15, 0.2) is 18.2 Å². The lowest BCUT2D eigenvalue weighted by Crippen LogP contribution is -2.13. The summed E-state index contributed by atoms with van der Waals surface area (Å²) in [5, 5.41) is 0.567. The number of para-hydroxylation sites is 1. The third-order valence-corrected chi connectivity index (χ3v) is 4.46. The van der Waals surface area contributed by atoms with Gasteiger partial charge in [0.2, 0.25) is 0 Å². The molecule has 2 atom stereocenters. The lowest BCUT2D eigenvalue weighted by atomic mass is 10.2. The van der Waals surface area contributed by atoms with Crippen LogP contribution in [-0.2, 0) is 6.54 Å². The predicted molar refractivity (Wildman–Crippen MR) is 86.6 cm³/mol. The molecule has 1 aromatic carbocycles. The molecule has 2 aromatic rings. The second-order valence-electron chi connectivity index (χ2n) is 4.86. The first-order chi connectivity index (χ1) is 9.04. The van der Waals surface area contributed by atoms with Crippen molar-refractivity contribution in [1.82, 2.24) is 9.55 Å². The van der Waals surface area contributed by atoms with E-state index in [9.17, 15) is 0 Å². The van der Waals surface area contributed by atoms with Crippen LogP contribution >= 0.6 is 35.0 Å². The van der Waals surface area contributed by atoms with Gasteiger partial charge in [0.25, 0.3) is 0 Å². The summed E-state index contributed by atoms with van der Waals surface area (Å²) in [5.41, 5.74) is 1.92. The molecular formula is C14H18Cl2N2S. The van der Waals surface area contributed by atoms with Crippen molar-refractivity contribution in [3.05, 3.63) is 29.0 Å². The Bertz CT molecular complexity index is 566. The van der Waals surface area contributed by atoms with Crippen molar-refractivity contribution in [2.24, 2.45) is 5.92 Å². The highest BCUT2D eigenvalue weighted by atomic mass is 35.5. The van der Waals surface area contributed by atoms with Crippen LogP contribution in [0.5, 0.6) is 0 Å². The van der Waals surface area contributed by atoms with Crippen molar-refractivity contribution >= 4 is 46.0 Å². The Balaban J connectivity index is 2.49. The summed E-state index contributed by atoms with van der Waals surface area (Å²) in [6, 6.07) is 5.89. The molecule has 1 heterocycles. The van der Waals surface area contributed by atoms with Gasteiger partial charge in [-0.15, -0.1) is 11.6 Å². The molecule has 0 aliphatic rings. The number of aromatic nitrogens is 2. The Labute approximate surface area is 128 Å². The summed E-state index contributed by atoms with van der Waals surface area (Å²) in [6.07, 6.45) is 2.13. The number of hydrogen-bond donors (Lipinski definition) is 0. The maximum Gasteiger partial charge on any atom is 0.127 e. The summed E-state index contributed by atoms with van der Waals surface area (Å²) in [4.78, 5) is 4.62. The lowest BCUT2D eigenvalue weighted by molar-refractivity contribution is 0.524. The zero-order valence-corrected chi connectivity index (χ0v) is 13.7. The molecule has 0 aliphatic heterocycles. The highest BCUT2D eigenvalue weighted by molar-refractivity contribution is 7.98. The van der Waals surface area contributed by atoms with E-state index in [0.717, 1.165) is 29.2 Å². The molecule has 2 unspecified atom stereocenters.